The fourth-order valence-electron chi connectivity index (χ4n) is 3.14. The van der Waals surface area contributed by atoms with Gasteiger partial charge in [0.15, 0.2) is 0 Å². The molecule has 0 aromatic rings. The van der Waals surface area contributed by atoms with E-state index in [1.54, 1.807) is 4.90 Å². The molecule has 120 valence electrons. The minimum Gasteiger partial charge on any atom is -0.481 e. The van der Waals surface area contributed by atoms with Crippen molar-refractivity contribution < 1.29 is 19.4 Å². The van der Waals surface area contributed by atoms with E-state index in [0.717, 1.165) is 12.8 Å². The van der Waals surface area contributed by atoms with Gasteiger partial charge in [0.25, 0.3) is 0 Å². The van der Waals surface area contributed by atoms with E-state index in [0.29, 0.717) is 25.0 Å². The molecule has 0 unspecified atom stereocenters. The van der Waals surface area contributed by atoms with Crippen molar-refractivity contribution in [3.05, 3.63) is 0 Å². The molecule has 2 aliphatic rings. The summed E-state index contributed by atoms with van der Waals surface area (Å²) in [5, 5.41) is 12.6. The number of carbonyl (C=O) groups excluding carboxylic acids is 1. The number of ether oxygens (including phenoxy) is 1. The first kappa shape index (κ1) is 16.1. The average Bonchev–Trinajstić information content (AvgIpc) is 2.19. The van der Waals surface area contributed by atoms with Gasteiger partial charge >= 0.3 is 12.1 Å². The predicted octanol–water partition coefficient (Wildman–Crippen LogP) is 1.84. The molecule has 0 bridgehead atoms. The van der Waals surface area contributed by atoms with Crippen LogP contribution in [-0.2, 0) is 9.53 Å². The van der Waals surface area contributed by atoms with Crippen LogP contribution in [0.25, 0.3) is 0 Å². The summed E-state index contributed by atoms with van der Waals surface area (Å²) in [6.07, 6.45) is 1.82. The molecule has 2 fully saturated rings. The number of carboxylic acids is 1. The highest BCUT2D eigenvalue weighted by molar-refractivity contribution is 5.73. The molecule has 1 amide bonds. The molecule has 0 aromatic carbocycles. The highest BCUT2D eigenvalue weighted by atomic mass is 16.6. The zero-order valence-corrected chi connectivity index (χ0v) is 13.3. The van der Waals surface area contributed by atoms with Crippen molar-refractivity contribution >= 4 is 12.1 Å². The van der Waals surface area contributed by atoms with Crippen LogP contribution in [0.4, 0.5) is 4.79 Å². The van der Waals surface area contributed by atoms with Gasteiger partial charge in [-0.1, -0.05) is 6.92 Å². The summed E-state index contributed by atoms with van der Waals surface area (Å²) < 4.78 is 5.31. The van der Waals surface area contributed by atoms with E-state index >= 15 is 0 Å². The van der Waals surface area contributed by atoms with Gasteiger partial charge in [-0.2, -0.15) is 0 Å². The van der Waals surface area contributed by atoms with Crippen molar-refractivity contribution in [2.24, 2.45) is 5.92 Å². The standard InChI is InChI=1S/C15H26N2O4/c1-10-5-11(6-10)16-15(7-12(18)19)8-17(9-15)13(20)21-14(2,3)4/h10-11,16H,5-9H2,1-4H3,(H,18,19). The summed E-state index contributed by atoms with van der Waals surface area (Å²) in [5.74, 6) is -0.134. The van der Waals surface area contributed by atoms with Gasteiger partial charge in [0, 0.05) is 19.1 Å². The Hall–Kier alpha value is -1.30. The monoisotopic (exact) mass is 298 g/mol. The van der Waals surface area contributed by atoms with E-state index in [1.807, 2.05) is 20.8 Å². The van der Waals surface area contributed by atoms with Crippen LogP contribution in [0.15, 0.2) is 0 Å². The SMILES string of the molecule is CC1CC(NC2(CC(=O)O)CN(C(=O)OC(C)(C)C)C2)C1. The van der Waals surface area contributed by atoms with E-state index < -0.39 is 17.1 Å². The van der Waals surface area contributed by atoms with Crippen molar-refractivity contribution in [2.45, 2.75) is 64.1 Å². The van der Waals surface area contributed by atoms with Crippen LogP contribution >= 0.6 is 0 Å². The lowest BCUT2D eigenvalue weighted by Gasteiger charge is -2.53. The van der Waals surface area contributed by atoms with Crippen LogP contribution < -0.4 is 5.32 Å². The lowest BCUT2D eigenvalue weighted by molar-refractivity contribution is -0.141. The number of nitrogens with zero attached hydrogens (tertiary/aromatic N) is 1. The highest BCUT2D eigenvalue weighted by Crippen LogP contribution is 2.33. The fraction of sp³-hybridized carbons (Fsp3) is 0.867. The molecule has 6 heteroatoms. The zero-order chi connectivity index (χ0) is 15.8. The molecule has 2 N–H and O–H groups in total. The molecule has 0 spiro atoms. The molecular formula is C15H26N2O4. The van der Waals surface area contributed by atoms with Gasteiger partial charge in [-0.3, -0.25) is 4.79 Å². The summed E-state index contributed by atoms with van der Waals surface area (Å²) in [7, 11) is 0. The van der Waals surface area contributed by atoms with Crippen LogP contribution in [0, 0.1) is 5.92 Å². The Kier molecular flexibility index (Phi) is 4.19. The molecule has 0 aromatic heterocycles. The van der Waals surface area contributed by atoms with Gasteiger partial charge in [0.05, 0.1) is 12.0 Å². The molecule has 1 aliphatic carbocycles. The van der Waals surface area contributed by atoms with Crippen molar-refractivity contribution in [3.63, 3.8) is 0 Å². The second-order valence-electron chi connectivity index (χ2n) is 7.61. The maximum Gasteiger partial charge on any atom is 0.410 e. The maximum atomic E-state index is 12.0. The Labute approximate surface area is 125 Å². The summed E-state index contributed by atoms with van der Waals surface area (Å²) in [4.78, 5) is 24.6. The first-order valence-corrected chi connectivity index (χ1v) is 7.56. The van der Waals surface area contributed by atoms with Gasteiger partial charge in [0.1, 0.15) is 5.60 Å². The van der Waals surface area contributed by atoms with Crippen LogP contribution in [0.2, 0.25) is 0 Å². The molecule has 2 rings (SSSR count). The quantitative estimate of drug-likeness (QED) is 0.828. The molecule has 1 aliphatic heterocycles. The van der Waals surface area contributed by atoms with Crippen molar-refractivity contribution in [2.75, 3.05) is 13.1 Å². The number of hydrogen-bond acceptors (Lipinski definition) is 4. The summed E-state index contributed by atoms with van der Waals surface area (Å²) in [6.45, 7) is 8.46. The Morgan fingerprint density at radius 1 is 1.33 bits per heavy atom. The van der Waals surface area contributed by atoms with Gasteiger partial charge in [0.2, 0.25) is 0 Å². The normalized spacial score (nSPS) is 27.5. The fourth-order valence-corrected chi connectivity index (χ4v) is 3.14. The van der Waals surface area contributed by atoms with Gasteiger partial charge in [-0.15, -0.1) is 0 Å². The lowest BCUT2D eigenvalue weighted by Crippen LogP contribution is -2.73. The van der Waals surface area contributed by atoms with Gasteiger partial charge in [-0.25, -0.2) is 4.79 Å². The third kappa shape index (κ3) is 4.09. The number of rotatable bonds is 4. The average molecular weight is 298 g/mol. The lowest BCUT2D eigenvalue weighted by atomic mass is 9.77. The molecule has 1 saturated heterocycles. The first-order valence-electron chi connectivity index (χ1n) is 7.56. The van der Waals surface area contributed by atoms with Crippen molar-refractivity contribution in [1.82, 2.24) is 10.2 Å². The minimum absolute atomic E-state index is 0.0389. The number of hydrogen-bond donors (Lipinski definition) is 2. The number of carbonyl (C=O) groups is 2. The minimum atomic E-state index is -0.835. The van der Waals surface area contributed by atoms with Crippen LogP contribution in [0.3, 0.4) is 0 Å². The first-order chi connectivity index (χ1) is 9.58. The van der Waals surface area contributed by atoms with E-state index in [-0.39, 0.29) is 12.5 Å². The van der Waals surface area contributed by atoms with Crippen LogP contribution in [-0.4, -0.2) is 52.3 Å². The topological polar surface area (TPSA) is 78.9 Å². The molecule has 0 radical (unpaired) electrons. The zero-order valence-electron chi connectivity index (χ0n) is 13.3. The summed E-state index contributed by atoms with van der Waals surface area (Å²) >= 11 is 0. The Morgan fingerprint density at radius 2 is 1.90 bits per heavy atom. The third-order valence-corrected chi connectivity index (χ3v) is 4.01. The molecule has 1 heterocycles. The van der Waals surface area contributed by atoms with E-state index in [4.69, 9.17) is 9.84 Å². The van der Waals surface area contributed by atoms with Gasteiger partial charge < -0.3 is 20.1 Å². The number of likely N-dealkylation sites (tertiary alicyclic amines) is 1. The van der Waals surface area contributed by atoms with Crippen molar-refractivity contribution in [3.8, 4) is 0 Å². The van der Waals surface area contributed by atoms with Crippen LogP contribution in [0.1, 0.15) is 47.0 Å². The van der Waals surface area contributed by atoms with Crippen molar-refractivity contribution in [1.29, 1.82) is 0 Å². The Morgan fingerprint density at radius 3 is 2.33 bits per heavy atom. The van der Waals surface area contributed by atoms with Crippen LogP contribution in [0.5, 0.6) is 0 Å². The molecule has 0 atom stereocenters. The third-order valence-electron chi connectivity index (χ3n) is 4.01. The largest absolute Gasteiger partial charge is 0.481 e. The van der Waals surface area contributed by atoms with E-state index in [2.05, 4.69) is 12.2 Å². The predicted molar refractivity (Wildman–Crippen MR) is 78.1 cm³/mol. The smallest absolute Gasteiger partial charge is 0.410 e. The van der Waals surface area contributed by atoms with Gasteiger partial charge in [-0.05, 0) is 39.5 Å². The second kappa shape index (κ2) is 5.48. The Balaban J connectivity index is 1.89. The number of carboxylic acid groups (broad SMARTS) is 1. The summed E-state index contributed by atoms with van der Waals surface area (Å²) in [6, 6.07) is 0.375. The molecular weight excluding hydrogens is 272 g/mol. The molecule has 21 heavy (non-hydrogen) atoms. The number of amides is 1. The summed E-state index contributed by atoms with van der Waals surface area (Å²) in [5.41, 5.74) is -1.02. The maximum absolute atomic E-state index is 12.0. The highest BCUT2D eigenvalue weighted by Gasteiger charge is 2.49. The van der Waals surface area contributed by atoms with E-state index in [1.165, 1.54) is 0 Å². The second-order valence-corrected chi connectivity index (χ2v) is 7.61. The molecule has 1 saturated carbocycles. The van der Waals surface area contributed by atoms with E-state index in [9.17, 15) is 9.59 Å². The Bertz CT molecular complexity index is 418. The number of nitrogens with one attached hydrogen (secondary N) is 1. The molecule has 6 nitrogen and oxygen atoms in total. The number of aliphatic carboxylic acids is 1.